The maximum Gasteiger partial charge on any atom is 0.474 e. The summed E-state index contributed by atoms with van der Waals surface area (Å²) in [5, 5.41) is 9.12. The van der Waals surface area contributed by atoms with Crippen LogP contribution in [0.25, 0.3) is 0 Å². The zero-order valence-corrected chi connectivity index (χ0v) is 92.2. The van der Waals surface area contributed by atoms with Gasteiger partial charge in [0.05, 0.1) is 80.6 Å². The first-order valence-electron chi connectivity index (χ1n) is 40.1. The molecule has 1 atom stereocenters. The largest absolute Gasteiger partial charge is 0.756 e. The highest BCUT2D eigenvalue weighted by atomic mass is 35.7. The summed E-state index contributed by atoms with van der Waals surface area (Å²) >= 11 is 5.08. The van der Waals surface area contributed by atoms with E-state index in [0.717, 1.165) is 68.4 Å². The number of ether oxygens (including phenoxy) is 6. The van der Waals surface area contributed by atoms with Gasteiger partial charge >= 0.3 is 84.0 Å². The van der Waals surface area contributed by atoms with E-state index in [1.807, 2.05) is 34.2 Å². The molecule has 2 aliphatic rings. The van der Waals surface area contributed by atoms with Crippen molar-refractivity contribution in [3.8, 4) is 0 Å². The highest BCUT2D eigenvalue weighted by molar-refractivity contribution is 7.81. The molecule has 2 fully saturated rings. The Balaban J connectivity index is 0. The second-order valence-corrected chi connectivity index (χ2v) is 89.9. The van der Waals surface area contributed by atoms with Crippen LogP contribution in [0.3, 0.4) is 0 Å². The van der Waals surface area contributed by atoms with Crippen molar-refractivity contribution in [3.05, 3.63) is 36.5 Å². The first-order valence-corrected chi connectivity index (χ1v) is 81.1. The molecule has 0 aliphatic carbocycles. The van der Waals surface area contributed by atoms with E-state index in [-0.39, 0.29) is 45.6 Å². The van der Waals surface area contributed by atoms with Crippen LogP contribution in [0.1, 0.15) is 59.3 Å². The van der Waals surface area contributed by atoms with E-state index in [2.05, 4.69) is 173 Å². The second-order valence-electron chi connectivity index (χ2n) is 36.0. The third-order valence-electron chi connectivity index (χ3n) is 15.7. The van der Waals surface area contributed by atoms with Gasteiger partial charge in [-0.25, -0.2) is 23.5 Å². The van der Waals surface area contributed by atoms with E-state index >= 15 is 0 Å². The molecule has 688 valence electrons. The van der Waals surface area contributed by atoms with Crippen molar-refractivity contribution in [2.24, 2.45) is 0 Å². The van der Waals surface area contributed by atoms with E-state index in [9.17, 15) is 33.0 Å². The quantitative estimate of drug-likeness (QED) is 0.0112. The average molecular weight is 1950 g/mol. The predicted octanol–water partition coefficient (Wildman–Crippen LogP) is 17.0. The van der Waals surface area contributed by atoms with Gasteiger partial charge in [-0.3, -0.25) is 27.2 Å². The average Bonchev–Trinajstić information content (AvgIpc) is 1.08. The van der Waals surface area contributed by atoms with Crippen molar-refractivity contribution >= 4 is 153 Å². The molecule has 47 heteroatoms. The Morgan fingerprint density at radius 3 is 0.871 bits per heavy atom. The van der Waals surface area contributed by atoms with E-state index in [1.165, 1.54) is 0 Å². The maximum absolute atomic E-state index is 12.1. The van der Waals surface area contributed by atoms with Crippen LogP contribution in [0.2, 0.25) is 193 Å². The van der Waals surface area contributed by atoms with Crippen molar-refractivity contribution in [2.75, 3.05) is 140 Å². The fourth-order valence-electron chi connectivity index (χ4n) is 12.3. The maximum atomic E-state index is 12.1. The van der Waals surface area contributed by atoms with Crippen molar-refractivity contribution in [1.82, 2.24) is 0 Å². The molecular formula is C69H157ClNO30P3Si12. The van der Waals surface area contributed by atoms with E-state index in [0.29, 0.717) is 107 Å². The van der Waals surface area contributed by atoms with Crippen molar-refractivity contribution in [3.63, 3.8) is 0 Å². The third kappa shape index (κ3) is 66.7. The van der Waals surface area contributed by atoms with Gasteiger partial charge in [0.15, 0.2) is 49.9 Å². The number of likely N-dealkylation sites (N-methyl/N-ethyl adjacent to an activating group) is 1. The summed E-state index contributed by atoms with van der Waals surface area (Å²) in [5.74, 6) is -1.18. The lowest BCUT2D eigenvalue weighted by Crippen LogP contribution is -2.56. The minimum Gasteiger partial charge on any atom is -0.756 e. The molecular weight excluding hydrogens is 1790 g/mol. The van der Waals surface area contributed by atoms with Gasteiger partial charge < -0.3 is 89.0 Å². The van der Waals surface area contributed by atoms with Gasteiger partial charge in [-0.1, -0.05) is 19.7 Å². The molecule has 0 aromatic rings. The number of esters is 3. The molecule has 0 aromatic carbocycles. The van der Waals surface area contributed by atoms with Crippen LogP contribution >= 0.6 is 33.8 Å². The highest BCUT2D eigenvalue weighted by Gasteiger charge is 2.47. The molecule has 2 aliphatic heterocycles. The summed E-state index contributed by atoms with van der Waals surface area (Å²) in [7, 11) is -28.2. The number of aliphatic hydroxyl groups excluding tert-OH is 1. The van der Waals surface area contributed by atoms with Crippen molar-refractivity contribution < 1.29 is 140 Å². The number of carbonyl (C=O) groups is 3. The van der Waals surface area contributed by atoms with Gasteiger partial charge in [-0.15, -0.1) is 0 Å². The number of nitrogens with zero attached hydrogens (tertiary/aromatic N) is 1. The number of phosphoric ester groups is 2. The topological polar surface area (TPSA) is 349 Å². The number of rotatable bonds is 59. The van der Waals surface area contributed by atoms with Crippen LogP contribution in [0.4, 0.5) is 0 Å². The Morgan fingerprint density at radius 1 is 0.388 bits per heavy atom. The van der Waals surface area contributed by atoms with Crippen LogP contribution in [0.5, 0.6) is 0 Å². The lowest BCUT2D eigenvalue weighted by atomic mass is 10.4. The van der Waals surface area contributed by atoms with Gasteiger partial charge in [-0.2, -0.15) is 0 Å². The van der Waals surface area contributed by atoms with Gasteiger partial charge in [0.2, 0.25) is 0 Å². The fraction of sp³-hybridized carbons (Fsp3) is 0.870. The first-order chi connectivity index (χ1) is 52.4. The molecule has 0 radical (unpaired) electrons. The molecule has 1 unspecified atom stereocenters. The van der Waals surface area contributed by atoms with Crippen molar-refractivity contribution in [2.45, 2.75) is 253 Å². The Bertz CT molecular complexity index is 3040. The summed E-state index contributed by atoms with van der Waals surface area (Å²) in [5.41, 5.74) is 1.16. The summed E-state index contributed by atoms with van der Waals surface area (Å²) in [6, 6.07) is 5.35. The molecule has 0 bridgehead atoms. The first kappa shape index (κ1) is 118. The van der Waals surface area contributed by atoms with E-state index < -0.39 is 136 Å². The van der Waals surface area contributed by atoms with Gasteiger partial charge in [0.25, 0.3) is 7.82 Å². The SMILES string of the molecule is C=C(C)C(=O)OCCOCCC[Si](C)(C)O[Si](C)(C)O[Si](C)(C)O[Si](C)(C)CCCO.C=C(C)C(=O)OCCOCCC[Si](C)(C)O[Si](C)(C)O[Si](C)(C)O[Si](C)(C)CCCOP(=O)([O-])OCC[N+](C)(C)C.C=C(C)C(=O)OCCOCCC[Si](C)(C)O[Si](C)(C)O[Si](C)(C)O[Si](C)(C)CCCOP1(=O)OCCO1.O=P1(Cl)OCCO1. The monoisotopic (exact) mass is 1940 g/mol. The Labute approximate surface area is 716 Å². The number of hydrogen-bond acceptors (Lipinski definition) is 30. The van der Waals surface area contributed by atoms with E-state index in [4.69, 9.17) is 104 Å². The van der Waals surface area contributed by atoms with Gasteiger partial charge in [0, 0.05) is 54.4 Å². The minimum absolute atomic E-state index is 0.0697. The Morgan fingerprint density at radius 2 is 0.629 bits per heavy atom. The second kappa shape index (κ2) is 54.5. The Kier molecular flexibility index (Phi) is 55.6. The standard InChI is InChI=1S/C25H58NO10PSi4.C22H49O10PSi4.C20H46O7Si4.C2H4ClO3P/c1-24(2)25(27)31-21-20-30-17-14-22-38(6,7)34-40(10,11)36-41(12,13)35-39(8,9)23-15-18-32-37(28,29)33-19-16-26(3,4)5;1-21(2)22(23)26-16-15-25-13-11-19-34(3,4)30-36(7,8)32-37(9,10)31-35(5,6)20-12-14-27-33(24)28-17-18-29-33;1-19(2)20(22)24-16-15-23-14-12-18-29(5,6)26-31(9,10)27-30(7,8)25-28(3,4)17-11-13-21;3-7(4)5-1-2-6-7/h1,14-23H2,2-13H3;1,11-20H2,2-10H3;21H,1,11-18H2,2-10H3;1-2H2. The summed E-state index contributed by atoms with van der Waals surface area (Å²) in [6.07, 6.45) is 4.69. The highest BCUT2D eigenvalue weighted by Crippen LogP contribution is 2.56. The number of carbonyl (C=O) groups excluding carboxylic acids is 3. The van der Waals surface area contributed by atoms with Crippen LogP contribution in [-0.4, -0.2) is 269 Å². The number of phosphoric acid groups is 2. The molecule has 2 rings (SSSR count). The van der Waals surface area contributed by atoms with Crippen molar-refractivity contribution in [1.29, 1.82) is 0 Å². The lowest BCUT2D eigenvalue weighted by Gasteiger charge is -2.41. The van der Waals surface area contributed by atoms with Crippen LogP contribution in [0, 0.1) is 0 Å². The molecule has 31 nitrogen and oxygen atoms in total. The zero-order chi connectivity index (χ0) is 90.2. The normalized spacial score (nSPS) is 15.9. The van der Waals surface area contributed by atoms with Crippen LogP contribution < -0.4 is 4.89 Å². The predicted molar refractivity (Wildman–Crippen MR) is 486 cm³/mol. The molecule has 0 saturated carbocycles. The van der Waals surface area contributed by atoms with Gasteiger partial charge in [-0.05, 0) is 253 Å². The number of halogens is 1. The smallest absolute Gasteiger partial charge is 0.474 e. The molecule has 116 heavy (non-hydrogen) atoms. The fourth-order valence-corrected chi connectivity index (χ4v) is 73.1. The summed E-state index contributed by atoms with van der Waals surface area (Å²) in [4.78, 5) is 46.1. The number of quaternary nitrogens is 1. The third-order valence-corrected chi connectivity index (χ3v) is 66.0. The zero-order valence-electron chi connectivity index (χ0n) is 76.8. The molecule has 2 heterocycles. The lowest BCUT2D eigenvalue weighted by molar-refractivity contribution is -0.870. The Hall–Kier alpha value is 0.333. The molecule has 1 N–H and O–H groups in total. The minimum atomic E-state index is -4.31. The molecule has 0 amide bonds. The van der Waals surface area contributed by atoms with Crippen LogP contribution in [0.15, 0.2) is 36.5 Å². The number of hydrogen-bond donors (Lipinski definition) is 1. The molecule has 0 spiro atoms. The van der Waals surface area contributed by atoms with Crippen LogP contribution in [-0.2, 0) is 125 Å². The molecule has 2 saturated heterocycles. The van der Waals surface area contributed by atoms with Gasteiger partial charge in [0.1, 0.15) is 33.0 Å². The summed E-state index contributed by atoms with van der Waals surface area (Å²) in [6.45, 7) is 69.7. The number of aliphatic hydroxyl groups is 1. The molecule has 0 aromatic heterocycles. The van der Waals surface area contributed by atoms with E-state index in [1.54, 1.807) is 20.8 Å². The summed E-state index contributed by atoms with van der Waals surface area (Å²) < 4.78 is 161.